The zero-order chi connectivity index (χ0) is 36.6. The molecule has 0 saturated heterocycles. The third kappa shape index (κ3) is 10.4. The Morgan fingerprint density at radius 3 is 2.25 bits per heavy atom. The number of benzene rings is 2. The van der Waals surface area contributed by atoms with Crippen molar-refractivity contribution in [2.24, 2.45) is 0 Å². The molecule has 1 aromatic heterocycles. The van der Waals surface area contributed by atoms with Gasteiger partial charge in [-0.2, -0.15) is 0 Å². The summed E-state index contributed by atoms with van der Waals surface area (Å²) < 4.78 is 57.7. The second-order valence-corrected chi connectivity index (χ2v) is 13.2. The summed E-state index contributed by atoms with van der Waals surface area (Å²) >= 11 is 0. The first-order chi connectivity index (χ1) is 24.2. The van der Waals surface area contributed by atoms with Gasteiger partial charge in [-0.25, -0.2) is 4.98 Å². The van der Waals surface area contributed by atoms with Crippen LogP contribution in [-0.2, 0) is 34.0 Å². The van der Waals surface area contributed by atoms with Crippen molar-refractivity contribution >= 4 is 23.6 Å². The molecule has 2 aliphatic rings. The van der Waals surface area contributed by atoms with Crippen LogP contribution in [0.5, 0.6) is 11.5 Å². The summed E-state index contributed by atoms with van der Waals surface area (Å²) in [6.07, 6.45) is -2.48. The monoisotopic (exact) mass is 711 g/mol. The number of halogens is 2. The van der Waals surface area contributed by atoms with Gasteiger partial charge in [-0.3, -0.25) is 14.4 Å². The Labute approximate surface area is 295 Å². The minimum Gasteiger partial charge on any atom is -0.460 e. The van der Waals surface area contributed by atoms with E-state index in [-0.39, 0.29) is 42.3 Å². The van der Waals surface area contributed by atoms with Gasteiger partial charge in [0, 0.05) is 17.7 Å². The Bertz CT molecular complexity index is 1720. The zero-order valence-electron chi connectivity index (χ0n) is 29.1. The number of nitrogens with zero attached hydrogens (tertiary/aromatic N) is 1. The van der Waals surface area contributed by atoms with E-state index in [2.05, 4.69) is 25.1 Å². The number of fused-ring (bicyclic) bond motifs is 1. The van der Waals surface area contributed by atoms with Crippen LogP contribution in [0, 0.1) is 6.92 Å². The van der Waals surface area contributed by atoms with Crippen LogP contribution in [0.4, 0.5) is 14.6 Å². The van der Waals surface area contributed by atoms with E-state index < -0.39 is 17.3 Å². The highest BCUT2D eigenvalue weighted by Crippen LogP contribution is 2.52. The lowest BCUT2D eigenvalue weighted by molar-refractivity contribution is -0.286. The van der Waals surface area contributed by atoms with Crippen molar-refractivity contribution < 1.29 is 51.6 Å². The molecule has 14 heteroatoms. The van der Waals surface area contributed by atoms with Crippen molar-refractivity contribution in [2.45, 2.75) is 64.3 Å². The highest BCUT2D eigenvalue weighted by Gasteiger charge is 2.53. The highest BCUT2D eigenvalue weighted by atomic mass is 19.3. The predicted octanol–water partition coefficient (Wildman–Crippen LogP) is 5.56. The SMILES string of the molecule is Cc1ccc(NC(=O)C2(c3ccc4c(c3)OC(F)(F)O4)CC2)nc1-c1cccc(C(=O)NCCOCCOCCOCCC(=O)OC(C)(C)C)c1. The number of nitrogens with one attached hydrogen (secondary N) is 2. The number of carbonyl (C=O) groups is 3. The lowest BCUT2D eigenvalue weighted by atomic mass is 9.94. The maximum Gasteiger partial charge on any atom is 0.586 e. The van der Waals surface area contributed by atoms with Crippen molar-refractivity contribution in [2.75, 3.05) is 51.5 Å². The summed E-state index contributed by atoms with van der Waals surface area (Å²) in [6, 6.07) is 14.9. The van der Waals surface area contributed by atoms with E-state index >= 15 is 0 Å². The second-order valence-electron chi connectivity index (χ2n) is 13.2. The molecule has 12 nitrogen and oxygen atoms in total. The summed E-state index contributed by atoms with van der Waals surface area (Å²) in [6.45, 7) is 9.60. The van der Waals surface area contributed by atoms with Crippen LogP contribution in [-0.4, -0.2) is 80.8 Å². The van der Waals surface area contributed by atoms with Crippen LogP contribution in [0.25, 0.3) is 11.3 Å². The number of esters is 1. The number of carbonyl (C=O) groups excluding carboxylic acids is 3. The van der Waals surface area contributed by atoms with Gasteiger partial charge >= 0.3 is 12.3 Å². The van der Waals surface area contributed by atoms with E-state index in [1.165, 1.54) is 12.1 Å². The maximum absolute atomic E-state index is 13.5. The average molecular weight is 712 g/mol. The molecule has 0 bridgehead atoms. The molecule has 1 aliphatic carbocycles. The fourth-order valence-corrected chi connectivity index (χ4v) is 5.38. The number of anilines is 1. The van der Waals surface area contributed by atoms with Gasteiger partial charge in [0.15, 0.2) is 11.5 Å². The fraction of sp³-hybridized carbons (Fsp3) is 0.459. The topological polar surface area (TPSA) is 144 Å². The first-order valence-electron chi connectivity index (χ1n) is 16.8. The van der Waals surface area contributed by atoms with Crippen molar-refractivity contribution in [1.82, 2.24) is 10.3 Å². The normalized spacial score (nSPS) is 15.3. The van der Waals surface area contributed by atoms with E-state index in [0.717, 1.165) is 5.56 Å². The molecule has 2 amide bonds. The van der Waals surface area contributed by atoms with Gasteiger partial charge in [0.1, 0.15) is 11.4 Å². The van der Waals surface area contributed by atoms with Gasteiger partial charge in [-0.05, 0) is 82.0 Å². The van der Waals surface area contributed by atoms with Gasteiger partial charge < -0.3 is 39.1 Å². The number of hydrogen-bond donors (Lipinski definition) is 2. The van der Waals surface area contributed by atoms with Crippen molar-refractivity contribution in [3.05, 3.63) is 71.3 Å². The Morgan fingerprint density at radius 2 is 1.55 bits per heavy atom. The minimum absolute atomic E-state index is 0.0795. The number of amides is 2. The summed E-state index contributed by atoms with van der Waals surface area (Å²) in [4.78, 5) is 42.7. The summed E-state index contributed by atoms with van der Waals surface area (Å²) in [7, 11) is 0. The van der Waals surface area contributed by atoms with Crippen LogP contribution >= 0.6 is 0 Å². The van der Waals surface area contributed by atoms with Crippen molar-refractivity contribution in [3.63, 3.8) is 0 Å². The number of rotatable bonds is 17. The number of aryl methyl sites for hydroxylation is 1. The lowest BCUT2D eigenvalue weighted by Crippen LogP contribution is -2.28. The molecule has 5 rings (SSSR count). The molecule has 2 heterocycles. The van der Waals surface area contributed by atoms with Gasteiger partial charge in [-0.15, -0.1) is 8.78 Å². The molecule has 51 heavy (non-hydrogen) atoms. The number of aromatic nitrogens is 1. The molecule has 1 saturated carbocycles. The maximum atomic E-state index is 13.5. The third-order valence-corrected chi connectivity index (χ3v) is 8.02. The third-order valence-electron chi connectivity index (χ3n) is 8.02. The quantitative estimate of drug-likeness (QED) is 0.135. The van der Waals surface area contributed by atoms with Crippen LogP contribution < -0.4 is 20.1 Å². The van der Waals surface area contributed by atoms with E-state index in [9.17, 15) is 23.2 Å². The fourth-order valence-electron chi connectivity index (χ4n) is 5.38. The smallest absolute Gasteiger partial charge is 0.460 e. The van der Waals surface area contributed by atoms with Crippen molar-refractivity contribution in [1.29, 1.82) is 0 Å². The molecular weight excluding hydrogens is 668 g/mol. The molecule has 0 spiro atoms. The van der Waals surface area contributed by atoms with E-state index in [0.29, 0.717) is 80.6 Å². The summed E-state index contributed by atoms with van der Waals surface area (Å²) in [5.74, 6) is -0.758. The van der Waals surface area contributed by atoms with E-state index in [4.69, 9.17) is 18.9 Å². The van der Waals surface area contributed by atoms with E-state index in [1.54, 1.807) is 30.3 Å². The average Bonchev–Trinajstić information content (AvgIpc) is 3.82. The summed E-state index contributed by atoms with van der Waals surface area (Å²) in [5, 5.41) is 5.72. The highest BCUT2D eigenvalue weighted by molar-refractivity contribution is 6.01. The Balaban J connectivity index is 1.04. The molecule has 274 valence electrons. The molecule has 2 aromatic carbocycles. The van der Waals surface area contributed by atoms with Crippen molar-refractivity contribution in [3.8, 4) is 22.8 Å². The van der Waals surface area contributed by atoms with Gasteiger partial charge in [0.05, 0.1) is 57.2 Å². The van der Waals surface area contributed by atoms with Gasteiger partial charge in [-0.1, -0.05) is 24.3 Å². The molecule has 1 aliphatic heterocycles. The Morgan fingerprint density at radius 1 is 0.863 bits per heavy atom. The molecule has 3 aromatic rings. The number of pyridine rings is 1. The van der Waals surface area contributed by atoms with Crippen LogP contribution in [0.3, 0.4) is 0 Å². The lowest BCUT2D eigenvalue weighted by Gasteiger charge is -2.19. The Kier molecular flexibility index (Phi) is 11.9. The molecule has 0 unspecified atom stereocenters. The molecule has 0 radical (unpaired) electrons. The molecule has 0 atom stereocenters. The molecule has 2 N–H and O–H groups in total. The standard InChI is InChI=1S/C37H43F2N3O9/c1-24-8-11-30(42-34(45)36(13-14-36)27-9-10-28-29(23-27)50-37(38,39)49-28)41-32(24)25-6-5-7-26(22-25)33(44)40-15-17-47-19-21-48-20-18-46-16-12-31(43)51-35(2,3)4/h5-11,22-23H,12-21H2,1-4H3,(H,40,44)(H,41,42,45). The van der Waals surface area contributed by atoms with Crippen LogP contribution in [0.1, 0.15) is 61.5 Å². The minimum atomic E-state index is -3.74. The zero-order valence-corrected chi connectivity index (χ0v) is 29.1. The second kappa shape index (κ2) is 16.1. The number of ether oxygens (including phenoxy) is 6. The first kappa shape index (κ1) is 37.6. The molecular formula is C37H43F2N3O9. The largest absolute Gasteiger partial charge is 0.586 e. The van der Waals surface area contributed by atoms with Crippen LogP contribution in [0.2, 0.25) is 0 Å². The molecule has 1 fully saturated rings. The summed E-state index contributed by atoms with van der Waals surface area (Å²) in [5.41, 5.74) is 1.71. The van der Waals surface area contributed by atoms with Crippen LogP contribution in [0.15, 0.2) is 54.6 Å². The first-order valence-corrected chi connectivity index (χ1v) is 16.8. The van der Waals surface area contributed by atoms with E-state index in [1.807, 2.05) is 39.8 Å². The number of hydrogen-bond acceptors (Lipinski definition) is 10. The number of alkyl halides is 2. The van der Waals surface area contributed by atoms with Gasteiger partial charge in [0.25, 0.3) is 5.91 Å². The Hall–Kier alpha value is -4.66. The van der Waals surface area contributed by atoms with Gasteiger partial charge in [0.2, 0.25) is 5.91 Å². The predicted molar refractivity (Wildman–Crippen MR) is 182 cm³/mol.